The highest BCUT2D eigenvalue weighted by atomic mass is 16.6. The molecule has 7 rings (SSSR count). The lowest BCUT2D eigenvalue weighted by Gasteiger charge is -2.43. The number of rotatable bonds is 5. The number of carbonyl (C=O) groups excluding carboxylic acids is 1. The second-order valence-corrected chi connectivity index (χ2v) is 14.3. The summed E-state index contributed by atoms with van der Waals surface area (Å²) in [6, 6.07) is 13.4. The molecule has 2 bridgehead atoms. The monoisotopic (exact) mass is 638 g/mol. The van der Waals surface area contributed by atoms with E-state index in [2.05, 4.69) is 57.9 Å². The molecule has 4 aliphatic rings. The molecule has 3 aromatic rings. The van der Waals surface area contributed by atoms with E-state index >= 15 is 0 Å². The van der Waals surface area contributed by atoms with Gasteiger partial charge in [0.1, 0.15) is 24.6 Å². The lowest BCUT2D eigenvalue weighted by atomic mass is 9.99. The van der Waals surface area contributed by atoms with Gasteiger partial charge in [0.05, 0.1) is 24.3 Å². The third kappa shape index (κ3) is 6.43. The average Bonchev–Trinajstić information content (AvgIpc) is 3.59. The third-order valence-electron chi connectivity index (χ3n) is 10.0. The molecule has 248 valence electrons. The minimum atomic E-state index is -0.527. The van der Waals surface area contributed by atoms with Crippen molar-refractivity contribution in [3.8, 4) is 17.9 Å². The van der Waals surface area contributed by atoms with Crippen molar-refractivity contribution in [1.29, 1.82) is 0 Å². The SMILES string of the molecule is CN1CCC[C@H]1COc1nc2c(c(N3C[C@H]4CC[C@@H](C3)N4C(=O)OC(C)(C)C)n1)CCN(c1cccc3cccc(C#CCO)c13)C2. The maximum Gasteiger partial charge on any atom is 0.410 e. The highest BCUT2D eigenvalue weighted by molar-refractivity contribution is 5.99. The number of amides is 1. The molecule has 3 saturated heterocycles. The van der Waals surface area contributed by atoms with Crippen LogP contribution >= 0.6 is 0 Å². The first-order chi connectivity index (χ1) is 22.7. The Bertz CT molecular complexity index is 1690. The molecule has 10 nitrogen and oxygen atoms in total. The summed E-state index contributed by atoms with van der Waals surface area (Å²) in [5.41, 5.74) is 3.63. The molecule has 0 saturated carbocycles. The highest BCUT2D eigenvalue weighted by Crippen LogP contribution is 2.39. The van der Waals surface area contributed by atoms with E-state index in [1.807, 2.05) is 37.8 Å². The number of anilines is 2. The zero-order valence-corrected chi connectivity index (χ0v) is 28.0. The molecule has 3 atom stereocenters. The molecule has 1 amide bonds. The van der Waals surface area contributed by atoms with Crippen molar-refractivity contribution >= 4 is 28.4 Å². The molecule has 0 spiro atoms. The summed E-state index contributed by atoms with van der Waals surface area (Å²) in [5.74, 6) is 6.94. The smallest absolute Gasteiger partial charge is 0.410 e. The Morgan fingerprint density at radius 2 is 1.79 bits per heavy atom. The van der Waals surface area contributed by atoms with Gasteiger partial charge in [0, 0.05) is 47.9 Å². The second-order valence-electron chi connectivity index (χ2n) is 14.3. The average molecular weight is 639 g/mol. The normalized spacial score (nSPS) is 22.7. The van der Waals surface area contributed by atoms with Crippen molar-refractivity contribution in [3.63, 3.8) is 0 Å². The maximum atomic E-state index is 13.2. The van der Waals surface area contributed by atoms with E-state index in [0.717, 1.165) is 77.9 Å². The largest absolute Gasteiger partial charge is 0.462 e. The van der Waals surface area contributed by atoms with Crippen molar-refractivity contribution < 1.29 is 19.4 Å². The van der Waals surface area contributed by atoms with Crippen LogP contribution in [0.15, 0.2) is 36.4 Å². The summed E-state index contributed by atoms with van der Waals surface area (Å²) < 4.78 is 12.2. The number of aliphatic hydroxyl groups is 1. The molecule has 1 aromatic heterocycles. The summed E-state index contributed by atoms with van der Waals surface area (Å²) in [6.45, 7) is 10.1. The van der Waals surface area contributed by atoms with E-state index < -0.39 is 5.60 Å². The predicted octanol–water partition coefficient (Wildman–Crippen LogP) is 4.60. The molecule has 47 heavy (non-hydrogen) atoms. The van der Waals surface area contributed by atoms with Crippen LogP contribution in [-0.4, -0.2) is 101 Å². The minimum Gasteiger partial charge on any atom is -0.462 e. The van der Waals surface area contributed by atoms with Gasteiger partial charge in [-0.05, 0) is 84.0 Å². The fourth-order valence-electron chi connectivity index (χ4n) is 7.79. The van der Waals surface area contributed by atoms with E-state index in [1.54, 1.807) is 0 Å². The molecule has 4 aliphatic heterocycles. The van der Waals surface area contributed by atoms with E-state index in [1.165, 1.54) is 6.42 Å². The maximum absolute atomic E-state index is 13.2. The molecule has 5 heterocycles. The Labute approximate surface area is 277 Å². The number of benzene rings is 2. The Hall–Kier alpha value is -4.07. The van der Waals surface area contributed by atoms with Gasteiger partial charge in [-0.3, -0.25) is 4.90 Å². The van der Waals surface area contributed by atoms with Gasteiger partial charge in [0.2, 0.25) is 0 Å². The van der Waals surface area contributed by atoms with Gasteiger partial charge in [0.25, 0.3) is 0 Å². The van der Waals surface area contributed by atoms with Gasteiger partial charge in [0.15, 0.2) is 0 Å². The van der Waals surface area contributed by atoms with Crippen molar-refractivity contribution in [2.75, 3.05) is 56.2 Å². The highest BCUT2D eigenvalue weighted by Gasteiger charge is 2.45. The van der Waals surface area contributed by atoms with Crippen LogP contribution in [-0.2, 0) is 17.7 Å². The lowest BCUT2D eigenvalue weighted by molar-refractivity contribution is 0.0122. The number of aliphatic hydroxyl groups excluding tert-OH is 1. The van der Waals surface area contributed by atoms with Gasteiger partial charge < -0.3 is 29.3 Å². The van der Waals surface area contributed by atoms with Crippen molar-refractivity contribution in [2.45, 2.75) is 83.1 Å². The quantitative estimate of drug-likeness (QED) is 0.403. The number of piperazine rings is 1. The van der Waals surface area contributed by atoms with Crippen molar-refractivity contribution in [3.05, 3.63) is 53.2 Å². The second kappa shape index (κ2) is 12.9. The van der Waals surface area contributed by atoms with Crippen molar-refractivity contribution in [1.82, 2.24) is 19.8 Å². The zero-order chi connectivity index (χ0) is 32.7. The van der Waals surface area contributed by atoms with Gasteiger partial charge in [-0.2, -0.15) is 9.97 Å². The first-order valence-corrected chi connectivity index (χ1v) is 17.0. The summed E-state index contributed by atoms with van der Waals surface area (Å²) in [6.07, 6.45) is 4.78. The topological polar surface area (TPSA) is 94.5 Å². The molecule has 1 N–H and O–H groups in total. The fourth-order valence-corrected chi connectivity index (χ4v) is 7.79. The van der Waals surface area contributed by atoms with Crippen LogP contribution in [0.4, 0.5) is 16.3 Å². The summed E-state index contributed by atoms with van der Waals surface area (Å²) in [5, 5.41) is 11.6. The Kier molecular flexibility index (Phi) is 8.62. The van der Waals surface area contributed by atoms with E-state index in [9.17, 15) is 9.90 Å². The van der Waals surface area contributed by atoms with Crippen LogP contribution in [0.3, 0.4) is 0 Å². The van der Waals surface area contributed by atoms with Crippen LogP contribution in [0.25, 0.3) is 10.8 Å². The molecular weight excluding hydrogens is 592 g/mol. The summed E-state index contributed by atoms with van der Waals surface area (Å²) >= 11 is 0. The number of hydrogen-bond donors (Lipinski definition) is 1. The van der Waals surface area contributed by atoms with Gasteiger partial charge in [-0.15, -0.1) is 0 Å². The number of likely N-dealkylation sites (N-methyl/N-ethyl adjacent to an activating group) is 1. The van der Waals surface area contributed by atoms with Crippen LogP contribution in [0.1, 0.15) is 63.3 Å². The standard InChI is InChI=1S/C37H46N6O4/c1-37(2,3)47-36(45)43-27-15-16-28(43)22-42(21-27)34-30-17-19-41(23-31(30)38-35(39-34)46-24-29-13-7-18-40(29)4)32-14-6-11-25-9-5-10-26(33(25)32)12-8-20-44/h5-6,9-11,14,27-29,44H,7,13,15-24H2,1-4H3/t27-,28+,29-/m0/s1. The van der Waals surface area contributed by atoms with Crippen molar-refractivity contribution in [2.24, 2.45) is 0 Å². The van der Waals surface area contributed by atoms with Crippen LogP contribution in [0.2, 0.25) is 0 Å². The Balaban J connectivity index is 1.21. The van der Waals surface area contributed by atoms with Gasteiger partial charge in [-0.25, -0.2) is 4.79 Å². The zero-order valence-electron chi connectivity index (χ0n) is 28.0. The van der Waals surface area contributed by atoms with Crippen LogP contribution in [0, 0.1) is 11.8 Å². The number of fused-ring (bicyclic) bond motifs is 4. The van der Waals surface area contributed by atoms with Gasteiger partial charge in [-0.1, -0.05) is 36.1 Å². The number of ether oxygens (including phenoxy) is 2. The molecule has 0 radical (unpaired) electrons. The number of nitrogens with zero attached hydrogens (tertiary/aromatic N) is 6. The first-order valence-electron chi connectivity index (χ1n) is 17.0. The van der Waals surface area contributed by atoms with Gasteiger partial charge >= 0.3 is 12.1 Å². The molecule has 3 fully saturated rings. The summed E-state index contributed by atoms with van der Waals surface area (Å²) in [7, 11) is 2.15. The lowest BCUT2D eigenvalue weighted by Crippen LogP contribution is -2.57. The predicted molar refractivity (Wildman–Crippen MR) is 183 cm³/mol. The third-order valence-corrected chi connectivity index (χ3v) is 10.0. The van der Waals surface area contributed by atoms with E-state index in [4.69, 9.17) is 19.4 Å². The van der Waals surface area contributed by atoms with E-state index in [-0.39, 0.29) is 24.8 Å². The fraction of sp³-hybridized carbons (Fsp3) is 0.541. The Morgan fingerprint density at radius 3 is 2.49 bits per heavy atom. The van der Waals surface area contributed by atoms with Crippen LogP contribution < -0.4 is 14.5 Å². The number of aromatic nitrogens is 2. The number of likely N-dealkylation sites (tertiary alicyclic amines) is 1. The first kappa shape index (κ1) is 31.5. The molecular formula is C37H46N6O4. The number of carbonyl (C=O) groups is 1. The molecule has 10 heteroatoms. The Morgan fingerprint density at radius 1 is 1.02 bits per heavy atom. The summed E-state index contributed by atoms with van der Waals surface area (Å²) in [4.78, 5) is 32.4. The molecule has 2 aromatic carbocycles. The molecule has 0 aliphatic carbocycles. The molecule has 0 unspecified atom stereocenters. The van der Waals surface area contributed by atoms with Crippen LogP contribution in [0.5, 0.6) is 6.01 Å². The number of hydrogen-bond acceptors (Lipinski definition) is 9. The van der Waals surface area contributed by atoms with E-state index in [0.29, 0.717) is 38.3 Å². The minimum absolute atomic E-state index is 0.0833.